The number of aromatic nitrogens is 1. The van der Waals surface area contributed by atoms with Crippen LogP contribution < -0.4 is 4.90 Å². The molecule has 1 heterocycles. The van der Waals surface area contributed by atoms with E-state index >= 15 is 0 Å². The molecule has 0 amide bonds. The smallest absolute Gasteiger partial charge is 0.0568 e. The van der Waals surface area contributed by atoms with Crippen LogP contribution in [-0.4, -0.2) is 4.57 Å². The number of aryl methyl sites for hydroxylation is 1. The maximum absolute atomic E-state index is 2.41. The van der Waals surface area contributed by atoms with Gasteiger partial charge in [-0.25, -0.2) is 0 Å². The van der Waals surface area contributed by atoms with E-state index in [1.54, 1.807) is 0 Å². The van der Waals surface area contributed by atoms with E-state index < -0.39 is 0 Å². The lowest BCUT2D eigenvalue weighted by Crippen LogP contribution is -2.16. The van der Waals surface area contributed by atoms with Gasteiger partial charge in [0, 0.05) is 46.0 Å². The van der Waals surface area contributed by atoms with Crippen LogP contribution in [0.15, 0.2) is 188 Å². The summed E-state index contributed by atoms with van der Waals surface area (Å²) in [5, 5.41) is 3.76. The minimum atomic E-state index is -0.0962. The van der Waals surface area contributed by atoms with Gasteiger partial charge >= 0.3 is 0 Å². The third kappa shape index (κ3) is 5.09. The molecule has 8 aromatic carbocycles. The molecule has 0 saturated carbocycles. The summed E-state index contributed by atoms with van der Waals surface area (Å²) in [6.45, 7) is 4.71. The molecule has 0 saturated heterocycles. The van der Waals surface area contributed by atoms with Crippen LogP contribution in [0.5, 0.6) is 0 Å². The molecule has 1 aromatic heterocycles. The fourth-order valence-corrected chi connectivity index (χ4v) is 8.84. The quantitative estimate of drug-likeness (QED) is 0.168. The van der Waals surface area contributed by atoms with Gasteiger partial charge in [0.2, 0.25) is 0 Å². The average molecular weight is 693 g/mol. The van der Waals surface area contributed by atoms with Gasteiger partial charge in [-0.1, -0.05) is 153 Å². The average Bonchev–Trinajstić information content (AvgIpc) is 3.64. The third-order valence-electron chi connectivity index (χ3n) is 11.6. The molecule has 10 rings (SSSR count). The second-order valence-electron chi connectivity index (χ2n) is 15.1. The zero-order valence-corrected chi connectivity index (χ0v) is 30.8. The molecule has 54 heavy (non-hydrogen) atoms. The van der Waals surface area contributed by atoms with E-state index in [1.165, 1.54) is 77.4 Å². The SMILES string of the molecule is Cn1c(-c2ccccc2)c(-c2ccc(N(c3ccc(-c4ccccc4)cc3)c3ccc4c(c3)C(C)(C)c3ccccc3-4)cc2)c2cc3ccccc3cc21. The molecule has 258 valence electrons. The number of rotatable bonds is 6. The molecular formula is C52H40N2. The Hall–Kier alpha value is -6.64. The Labute approximate surface area is 317 Å². The summed E-state index contributed by atoms with van der Waals surface area (Å²) in [7, 11) is 2.20. The van der Waals surface area contributed by atoms with Gasteiger partial charge in [0.1, 0.15) is 0 Å². The lowest BCUT2D eigenvalue weighted by molar-refractivity contribution is 0.660. The Bertz CT molecular complexity index is 2830. The maximum atomic E-state index is 2.41. The van der Waals surface area contributed by atoms with Crippen LogP contribution in [0.4, 0.5) is 17.1 Å². The normalized spacial score (nSPS) is 12.9. The van der Waals surface area contributed by atoms with Crippen molar-refractivity contribution < 1.29 is 0 Å². The summed E-state index contributed by atoms with van der Waals surface area (Å²) in [6, 6.07) is 68.9. The van der Waals surface area contributed by atoms with Crippen LogP contribution in [0.3, 0.4) is 0 Å². The Kier molecular flexibility index (Phi) is 7.42. The lowest BCUT2D eigenvalue weighted by atomic mass is 9.82. The number of hydrogen-bond acceptors (Lipinski definition) is 1. The van der Waals surface area contributed by atoms with E-state index in [4.69, 9.17) is 0 Å². The van der Waals surface area contributed by atoms with Crippen molar-refractivity contribution in [3.63, 3.8) is 0 Å². The molecule has 0 atom stereocenters. The highest BCUT2D eigenvalue weighted by Gasteiger charge is 2.35. The topological polar surface area (TPSA) is 8.17 Å². The van der Waals surface area contributed by atoms with Crippen LogP contribution in [0.2, 0.25) is 0 Å². The van der Waals surface area contributed by atoms with Crippen LogP contribution >= 0.6 is 0 Å². The second kappa shape index (κ2) is 12.5. The molecule has 2 heteroatoms. The molecular weight excluding hydrogens is 653 g/mol. The van der Waals surface area contributed by atoms with Crippen molar-refractivity contribution >= 4 is 38.7 Å². The van der Waals surface area contributed by atoms with E-state index in [9.17, 15) is 0 Å². The number of anilines is 3. The number of nitrogens with zero attached hydrogens (tertiary/aromatic N) is 2. The standard InChI is InChI=1S/C52H40N2/c1-52(2)47-21-13-12-20-44(47)45-31-30-43(34-48(45)52)54(41-26-22-36(23-27-41)35-14-6-4-7-15-35)42-28-24-37(25-29-42)50-46-32-39-18-10-11-19-40(39)33-49(46)53(3)51(50)38-16-8-5-9-17-38/h4-34H,1-3H3. The first-order valence-corrected chi connectivity index (χ1v) is 18.8. The summed E-state index contributed by atoms with van der Waals surface area (Å²) in [5.41, 5.74) is 17.2. The Morgan fingerprint density at radius 3 is 1.63 bits per heavy atom. The number of hydrogen-bond donors (Lipinski definition) is 0. The number of benzene rings is 8. The minimum Gasteiger partial charge on any atom is -0.343 e. The van der Waals surface area contributed by atoms with Gasteiger partial charge in [0.25, 0.3) is 0 Å². The molecule has 9 aromatic rings. The fraction of sp³-hybridized carbons (Fsp3) is 0.0769. The van der Waals surface area contributed by atoms with Gasteiger partial charge in [-0.2, -0.15) is 0 Å². The van der Waals surface area contributed by atoms with Gasteiger partial charge in [-0.3, -0.25) is 0 Å². The molecule has 2 nitrogen and oxygen atoms in total. The van der Waals surface area contributed by atoms with Crippen molar-refractivity contribution in [1.82, 2.24) is 4.57 Å². The highest BCUT2D eigenvalue weighted by molar-refractivity contribution is 6.09. The summed E-state index contributed by atoms with van der Waals surface area (Å²) < 4.78 is 2.37. The van der Waals surface area contributed by atoms with Gasteiger partial charge in [0.15, 0.2) is 0 Å². The van der Waals surface area contributed by atoms with Gasteiger partial charge in [0.05, 0.1) is 5.69 Å². The zero-order chi connectivity index (χ0) is 36.4. The summed E-state index contributed by atoms with van der Waals surface area (Å²) in [5.74, 6) is 0. The summed E-state index contributed by atoms with van der Waals surface area (Å²) >= 11 is 0. The van der Waals surface area contributed by atoms with Crippen molar-refractivity contribution in [1.29, 1.82) is 0 Å². The molecule has 0 fully saturated rings. The van der Waals surface area contributed by atoms with E-state index in [1.807, 2.05) is 0 Å². The fourth-order valence-electron chi connectivity index (χ4n) is 8.84. The lowest BCUT2D eigenvalue weighted by Gasteiger charge is -2.28. The summed E-state index contributed by atoms with van der Waals surface area (Å²) in [6.07, 6.45) is 0. The maximum Gasteiger partial charge on any atom is 0.0568 e. The highest BCUT2D eigenvalue weighted by atomic mass is 15.1. The van der Waals surface area contributed by atoms with E-state index in [2.05, 4.69) is 218 Å². The first kappa shape index (κ1) is 32.0. The first-order valence-electron chi connectivity index (χ1n) is 18.8. The molecule has 0 aliphatic heterocycles. The van der Waals surface area contributed by atoms with Crippen molar-refractivity contribution in [3.8, 4) is 44.6 Å². The Balaban J connectivity index is 1.13. The van der Waals surface area contributed by atoms with Gasteiger partial charge in [-0.05, 0) is 104 Å². The van der Waals surface area contributed by atoms with Crippen molar-refractivity contribution in [2.45, 2.75) is 19.3 Å². The van der Waals surface area contributed by atoms with Crippen LogP contribution in [0.25, 0.3) is 66.3 Å². The predicted molar refractivity (Wildman–Crippen MR) is 229 cm³/mol. The number of fused-ring (bicyclic) bond motifs is 5. The molecule has 0 spiro atoms. The second-order valence-corrected chi connectivity index (χ2v) is 15.1. The summed E-state index contributed by atoms with van der Waals surface area (Å²) in [4.78, 5) is 2.41. The van der Waals surface area contributed by atoms with Gasteiger partial charge < -0.3 is 9.47 Å². The third-order valence-corrected chi connectivity index (χ3v) is 11.6. The van der Waals surface area contributed by atoms with Crippen molar-refractivity contribution in [2.24, 2.45) is 7.05 Å². The molecule has 0 unspecified atom stereocenters. The van der Waals surface area contributed by atoms with E-state index in [0.717, 1.165) is 17.1 Å². The van der Waals surface area contributed by atoms with Crippen LogP contribution in [-0.2, 0) is 12.5 Å². The largest absolute Gasteiger partial charge is 0.343 e. The molecule has 0 radical (unpaired) electrons. The molecule has 0 N–H and O–H groups in total. The predicted octanol–water partition coefficient (Wildman–Crippen LogP) is 14.1. The monoisotopic (exact) mass is 692 g/mol. The minimum absolute atomic E-state index is 0.0962. The van der Waals surface area contributed by atoms with Crippen LogP contribution in [0, 0.1) is 0 Å². The van der Waals surface area contributed by atoms with Gasteiger partial charge in [-0.15, -0.1) is 0 Å². The zero-order valence-electron chi connectivity index (χ0n) is 30.8. The van der Waals surface area contributed by atoms with Crippen molar-refractivity contribution in [3.05, 3.63) is 199 Å². The highest BCUT2D eigenvalue weighted by Crippen LogP contribution is 2.51. The molecule has 1 aliphatic carbocycles. The Morgan fingerprint density at radius 2 is 0.944 bits per heavy atom. The van der Waals surface area contributed by atoms with Crippen LogP contribution in [0.1, 0.15) is 25.0 Å². The first-order chi connectivity index (χ1) is 26.5. The Morgan fingerprint density at radius 1 is 0.426 bits per heavy atom. The molecule has 1 aliphatic rings. The van der Waals surface area contributed by atoms with Crippen molar-refractivity contribution in [2.75, 3.05) is 4.90 Å². The molecule has 0 bridgehead atoms. The van der Waals surface area contributed by atoms with E-state index in [0.29, 0.717) is 0 Å². The van der Waals surface area contributed by atoms with E-state index in [-0.39, 0.29) is 5.41 Å².